The number of amides is 3. The first kappa shape index (κ1) is 22.8. The van der Waals surface area contributed by atoms with Gasteiger partial charge in [-0.25, -0.2) is 0 Å². The smallest absolute Gasteiger partial charge is 0.258 e. The van der Waals surface area contributed by atoms with Crippen molar-refractivity contribution in [2.75, 3.05) is 19.7 Å². The van der Waals surface area contributed by atoms with Crippen LogP contribution < -0.4 is 10.1 Å². The number of hydrogen-bond acceptors (Lipinski definition) is 4. The standard InChI is InChI=1S/C26H31N3O4/c1-2-33-23-15-7-6-12-20(23)25(31)29-17-9-14-22(29)26(32)28-16-8-13-21(28)24(30)27-18-19-10-4-3-5-11-19/h3-7,10-12,15,21-22H,2,8-9,13-14,16-18H2,1H3,(H,27,30)/t21-,22+/m0/s1. The normalized spacial score (nSPS) is 20.0. The summed E-state index contributed by atoms with van der Waals surface area (Å²) < 4.78 is 5.63. The summed E-state index contributed by atoms with van der Waals surface area (Å²) in [6, 6.07) is 15.8. The van der Waals surface area contributed by atoms with Gasteiger partial charge in [0, 0.05) is 19.6 Å². The molecule has 0 saturated carbocycles. The monoisotopic (exact) mass is 449 g/mol. The summed E-state index contributed by atoms with van der Waals surface area (Å²) in [5.74, 6) is 0.0657. The highest BCUT2D eigenvalue weighted by atomic mass is 16.5. The van der Waals surface area contributed by atoms with Crippen LogP contribution in [0.5, 0.6) is 5.75 Å². The highest BCUT2D eigenvalue weighted by Gasteiger charge is 2.42. The average molecular weight is 450 g/mol. The van der Waals surface area contributed by atoms with Crippen molar-refractivity contribution >= 4 is 17.7 Å². The van der Waals surface area contributed by atoms with E-state index in [-0.39, 0.29) is 17.7 Å². The summed E-state index contributed by atoms with van der Waals surface area (Å²) in [4.78, 5) is 43.1. The zero-order valence-electron chi connectivity index (χ0n) is 19.0. The van der Waals surface area contributed by atoms with E-state index in [0.717, 1.165) is 18.4 Å². The molecule has 2 fully saturated rings. The molecule has 0 bridgehead atoms. The van der Waals surface area contributed by atoms with Crippen molar-refractivity contribution in [3.05, 3.63) is 65.7 Å². The van der Waals surface area contributed by atoms with Crippen molar-refractivity contribution in [1.82, 2.24) is 15.1 Å². The number of ether oxygens (including phenoxy) is 1. The fourth-order valence-electron chi connectivity index (χ4n) is 4.74. The predicted octanol–water partition coefficient (Wildman–Crippen LogP) is 3.00. The third kappa shape index (κ3) is 5.02. The van der Waals surface area contributed by atoms with Crippen LogP contribution in [0.3, 0.4) is 0 Å². The summed E-state index contributed by atoms with van der Waals surface area (Å²) >= 11 is 0. The van der Waals surface area contributed by atoms with Gasteiger partial charge in [-0.05, 0) is 50.3 Å². The molecule has 2 heterocycles. The molecule has 1 N–H and O–H groups in total. The minimum absolute atomic E-state index is 0.132. The third-order valence-corrected chi connectivity index (χ3v) is 6.36. The molecular weight excluding hydrogens is 418 g/mol. The highest BCUT2D eigenvalue weighted by molar-refractivity contribution is 6.00. The SMILES string of the molecule is CCOc1ccccc1C(=O)N1CCC[C@@H]1C(=O)N1CCC[C@H]1C(=O)NCc1ccccc1. The molecule has 4 rings (SSSR count). The van der Waals surface area contributed by atoms with Crippen molar-refractivity contribution in [2.45, 2.75) is 51.2 Å². The van der Waals surface area contributed by atoms with Gasteiger partial charge in [-0.3, -0.25) is 14.4 Å². The van der Waals surface area contributed by atoms with Crippen LogP contribution in [0.15, 0.2) is 54.6 Å². The van der Waals surface area contributed by atoms with Gasteiger partial charge in [0.25, 0.3) is 5.91 Å². The molecule has 0 aliphatic carbocycles. The minimum Gasteiger partial charge on any atom is -0.493 e. The topological polar surface area (TPSA) is 79.0 Å². The van der Waals surface area contributed by atoms with E-state index in [1.54, 1.807) is 28.0 Å². The first-order chi connectivity index (χ1) is 16.1. The van der Waals surface area contributed by atoms with Gasteiger partial charge in [-0.1, -0.05) is 42.5 Å². The Kier molecular flexibility index (Phi) is 7.27. The summed E-state index contributed by atoms with van der Waals surface area (Å²) in [7, 11) is 0. The van der Waals surface area contributed by atoms with Gasteiger partial charge < -0.3 is 19.9 Å². The van der Waals surface area contributed by atoms with Crippen molar-refractivity contribution in [2.24, 2.45) is 0 Å². The number of likely N-dealkylation sites (tertiary alicyclic amines) is 2. The van der Waals surface area contributed by atoms with Crippen LogP contribution in [0.2, 0.25) is 0 Å². The molecule has 174 valence electrons. The van der Waals surface area contributed by atoms with E-state index in [4.69, 9.17) is 4.74 Å². The second-order valence-corrected chi connectivity index (χ2v) is 8.48. The number of nitrogens with zero attached hydrogens (tertiary/aromatic N) is 2. The second kappa shape index (κ2) is 10.5. The number of benzene rings is 2. The van der Waals surface area contributed by atoms with E-state index in [1.165, 1.54) is 0 Å². The lowest BCUT2D eigenvalue weighted by Gasteiger charge is -2.31. The number of nitrogens with one attached hydrogen (secondary N) is 1. The van der Waals surface area contributed by atoms with Gasteiger partial charge in [0.05, 0.1) is 12.2 Å². The van der Waals surface area contributed by atoms with Crippen LogP contribution in [0.25, 0.3) is 0 Å². The molecule has 2 atom stereocenters. The molecule has 3 amide bonds. The molecule has 33 heavy (non-hydrogen) atoms. The highest BCUT2D eigenvalue weighted by Crippen LogP contribution is 2.28. The first-order valence-electron chi connectivity index (χ1n) is 11.7. The van der Waals surface area contributed by atoms with Crippen LogP contribution in [0.4, 0.5) is 0 Å². The Bertz CT molecular complexity index is 994. The van der Waals surface area contributed by atoms with Crippen molar-refractivity contribution < 1.29 is 19.1 Å². The Morgan fingerprint density at radius 1 is 0.909 bits per heavy atom. The molecule has 2 aromatic rings. The number of carbonyl (C=O) groups excluding carboxylic acids is 3. The number of rotatable bonds is 7. The lowest BCUT2D eigenvalue weighted by molar-refractivity contribution is -0.141. The molecule has 2 saturated heterocycles. The third-order valence-electron chi connectivity index (χ3n) is 6.36. The minimum atomic E-state index is -0.547. The fourth-order valence-corrected chi connectivity index (χ4v) is 4.74. The first-order valence-corrected chi connectivity index (χ1v) is 11.7. The van der Waals surface area contributed by atoms with Gasteiger partial charge in [-0.2, -0.15) is 0 Å². The molecule has 7 nitrogen and oxygen atoms in total. The van der Waals surface area contributed by atoms with Crippen molar-refractivity contribution in [1.29, 1.82) is 0 Å². The van der Waals surface area contributed by atoms with Crippen LogP contribution in [0, 0.1) is 0 Å². The van der Waals surface area contributed by atoms with Crippen LogP contribution in [0.1, 0.15) is 48.5 Å². The molecule has 2 aliphatic heterocycles. The second-order valence-electron chi connectivity index (χ2n) is 8.48. The maximum absolute atomic E-state index is 13.5. The quantitative estimate of drug-likeness (QED) is 0.705. The molecule has 7 heteroatoms. The lowest BCUT2D eigenvalue weighted by atomic mass is 10.1. The Balaban J connectivity index is 1.45. The zero-order valence-corrected chi connectivity index (χ0v) is 19.0. The molecule has 0 radical (unpaired) electrons. The summed E-state index contributed by atoms with van der Waals surface area (Å²) in [6.07, 6.45) is 2.79. The van der Waals surface area contributed by atoms with Gasteiger partial charge >= 0.3 is 0 Å². The lowest BCUT2D eigenvalue weighted by Crippen LogP contribution is -2.52. The molecule has 2 aromatic carbocycles. The number of para-hydroxylation sites is 1. The maximum Gasteiger partial charge on any atom is 0.258 e. The summed E-state index contributed by atoms with van der Waals surface area (Å²) in [5.41, 5.74) is 1.49. The van der Waals surface area contributed by atoms with E-state index in [0.29, 0.717) is 50.4 Å². The molecule has 0 spiro atoms. The molecule has 0 aromatic heterocycles. The predicted molar refractivity (Wildman–Crippen MR) is 125 cm³/mol. The van der Waals surface area contributed by atoms with Crippen molar-refractivity contribution in [3.63, 3.8) is 0 Å². The van der Waals surface area contributed by atoms with Crippen LogP contribution in [-0.4, -0.2) is 59.3 Å². The Morgan fingerprint density at radius 3 is 2.33 bits per heavy atom. The van der Waals surface area contributed by atoms with E-state index in [2.05, 4.69) is 5.32 Å². The van der Waals surface area contributed by atoms with Gasteiger partial charge in [0.2, 0.25) is 11.8 Å². The van der Waals surface area contributed by atoms with Gasteiger partial charge in [0.15, 0.2) is 0 Å². The maximum atomic E-state index is 13.5. The largest absolute Gasteiger partial charge is 0.493 e. The Hall–Kier alpha value is -3.35. The Labute approximate surface area is 194 Å². The average Bonchev–Trinajstić information content (AvgIpc) is 3.53. The van der Waals surface area contributed by atoms with E-state index in [9.17, 15) is 14.4 Å². The van der Waals surface area contributed by atoms with Gasteiger partial charge in [-0.15, -0.1) is 0 Å². The summed E-state index contributed by atoms with van der Waals surface area (Å²) in [6.45, 7) is 3.82. The summed E-state index contributed by atoms with van der Waals surface area (Å²) in [5, 5.41) is 2.97. The zero-order chi connectivity index (χ0) is 23.2. The molecule has 2 aliphatic rings. The van der Waals surface area contributed by atoms with Gasteiger partial charge in [0.1, 0.15) is 17.8 Å². The Morgan fingerprint density at radius 2 is 1.58 bits per heavy atom. The number of hydrogen-bond donors (Lipinski definition) is 1. The van der Waals surface area contributed by atoms with E-state index >= 15 is 0 Å². The molecular formula is C26H31N3O4. The van der Waals surface area contributed by atoms with E-state index in [1.807, 2.05) is 43.3 Å². The van der Waals surface area contributed by atoms with Crippen LogP contribution >= 0.6 is 0 Å². The van der Waals surface area contributed by atoms with Crippen LogP contribution in [-0.2, 0) is 16.1 Å². The fraction of sp³-hybridized carbons (Fsp3) is 0.423. The van der Waals surface area contributed by atoms with Crippen molar-refractivity contribution in [3.8, 4) is 5.75 Å². The molecule has 0 unspecified atom stereocenters. The number of carbonyl (C=O) groups is 3. The van der Waals surface area contributed by atoms with E-state index < -0.39 is 12.1 Å².